The second kappa shape index (κ2) is 5.54. The molecule has 0 aliphatic carbocycles. The molecule has 0 amide bonds. The van der Waals surface area contributed by atoms with Gasteiger partial charge >= 0.3 is 6.36 Å². The zero-order valence-corrected chi connectivity index (χ0v) is 11.7. The van der Waals surface area contributed by atoms with Crippen LogP contribution in [0.15, 0.2) is 24.4 Å². The molecule has 0 bridgehead atoms. The standard InChI is InChI=1S/C12H9Cl2F3N2O/c1-19-6-10(20-12(15,16)17)9(18-19)5-7-3-2-4-8(13)11(7)14/h2-4,6H,5H2,1H3. The van der Waals surface area contributed by atoms with Crippen molar-refractivity contribution in [2.24, 2.45) is 7.05 Å². The van der Waals surface area contributed by atoms with Crippen LogP contribution in [0, 0.1) is 0 Å². The number of hydrogen-bond donors (Lipinski definition) is 0. The molecule has 3 nitrogen and oxygen atoms in total. The topological polar surface area (TPSA) is 27.1 Å². The second-order valence-corrected chi connectivity index (χ2v) is 4.84. The van der Waals surface area contributed by atoms with Gasteiger partial charge in [-0.2, -0.15) is 5.10 Å². The van der Waals surface area contributed by atoms with Crippen LogP contribution in [0.3, 0.4) is 0 Å². The number of ether oxygens (including phenoxy) is 1. The van der Waals surface area contributed by atoms with Gasteiger partial charge in [-0.1, -0.05) is 35.3 Å². The molecule has 0 N–H and O–H groups in total. The Labute approximate surface area is 122 Å². The minimum Gasteiger partial charge on any atom is -0.402 e. The third-order valence-electron chi connectivity index (χ3n) is 2.48. The van der Waals surface area contributed by atoms with Crippen molar-refractivity contribution in [2.45, 2.75) is 12.8 Å². The molecule has 1 heterocycles. The maximum atomic E-state index is 12.3. The monoisotopic (exact) mass is 324 g/mol. The van der Waals surface area contributed by atoms with Crippen molar-refractivity contribution >= 4 is 23.2 Å². The summed E-state index contributed by atoms with van der Waals surface area (Å²) in [5, 5.41) is 4.57. The number of aromatic nitrogens is 2. The van der Waals surface area contributed by atoms with E-state index in [2.05, 4.69) is 9.84 Å². The minimum absolute atomic E-state index is 0.0889. The van der Waals surface area contributed by atoms with E-state index in [1.807, 2.05) is 0 Å². The van der Waals surface area contributed by atoms with E-state index >= 15 is 0 Å². The van der Waals surface area contributed by atoms with Crippen molar-refractivity contribution in [3.05, 3.63) is 45.7 Å². The molecule has 2 rings (SSSR count). The van der Waals surface area contributed by atoms with E-state index in [-0.39, 0.29) is 22.9 Å². The first-order valence-corrected chi connectivity index (χ1v) is 6.23. The predicted molar refractivity (Wildman–Crippen MR) is 69.2 cm³/mol. The molecule has 1 aromatic carbocycles. The summed E-state index contributed by atoms with van der Waals surface area (Å²) < 4.78 is 42.1. The van der Waals surface area contributed by atoms with E-state index in [0.29, 0.717) is 10.6 Å². The average Bonchev–Trinajstić information content (AvgIpc) is 2.63. The van der Waals surface area contributed by atoms with Crippen LogP contribution in [0.25, 0.3) is 0 Å². The molecule has 0 atom stereocenters. The maximum absolute atomic E-state index is 12.3. The van der Waals surface area contributed by atoms with E-state index in [1.165, 1.54) is 11.7 Å². The molecule has 0 saturated heterocycles. The van der Waals surface area contributed by atoms with Crippen molar-refractivity contribution in [3.8, 4) is 5.75 Å². The number of rotatable bonds is 3. The first kappa shape index (κ1) is 15.0. The SMILES string of the molecule is Cn1cc(OC(F)(F)F)c(Cc2cccc(Cl)c2Cl)n1. The molecule has 0 unspecified atom stereocenters. The molecule has 2 aromatic rings. The summed E-state index contributed by atoms with van der Waals surface area (Å²) in [6.45, 7) is 0. The molecule has 8 heteroatoms. The fourth-order valence-corrected chi connectivity index (χ4v) is 2.10. The highest BCUT2D eigenvalue weighted by Gasteiger charge is 2.33. The number of alkyl halides is 3. The van der Waals surface area contributed by atoms with Gasteiger partial charge in [0, 0.05) is 13.5 Å². The van der Waals surface area contributed by atoms with Gasteiger partial charge < -0.3 is 4.74 Å². The lowest BCUT2D eigenvalue weighted by molar-refractivity contribution is -0.274. The number of halogens is 5. The smallest absolute Gasteiger partial charge is 0.402 e. The van der Waals surface area contributed by atoms with Crippen molar-refractivity contribution < 1.29 is 17.9 Å². The van der Waals surface area contributed by atoms with E-state index in [9.17, 15) is 13.2 Å². The van der Waals surface area contributed by atoms with Gasteiger partial charge in [-0.05, 0) is 11.6 Å². The third-order valence-corrected chi connectivity index (χ3v) is 3.34. The summed E-state index contributed by atoms with van der Waals surface area (Å²) in [5.74, 6) is -0.351. The molecular formula is C12H9Cl2F3N2O. The van der Waals surface area contributed by atoms with Crippen molar-refractivity contribution in [2.75, 3.05) is 0 Å². The molecule has 0 spiro atoms. The van der Waals surface area contributed by atoms with Crippen LogP contribution in [-0.2, 0) is 13.5 Å². The first-order chi connectivity index (χ1) is 9.26. The average molecular weight is 325 g/mol. The van der Waals surface area contributed by atoms with Crippen LogP contribution >= 0.6 is 23.2 Å². The lowest BCUT2D eigenvalue weighted by Gasteiger charge is -2.09. The van der Waals surface area contributed by atoms with Gasteiger partial charge in [-0.25, -0.2) is 0 Å². The third kappa shape index (κ3) is 3.58. The highest BCUT2D eigenvalue weighted by Crippen LogP contribution is 2.31. The van der Waals surface area contributed by atoms with Gasteiger partial charge in [-0.3, -0.25) is 4.68 Å². The quantitative estimate of drug-likeness (QED) is 0.845. The molecule has 0 saturated carbocycles. The summed E-state index contributed by atoms with van der Waals surface area (Å²) in [6.07, 6.45) is -3.52. The Hall–Kier alpha value is -1.40. The molecule has 0 aliphatic rings. The van der Waals surface area contributed by atoms with Crippen LogP contribution in [0.1, 0.15) is 11.3 Å². The first-order valence-electron chi connectivity index (χ1n) is 5.47. The summed E-state index contributed by atoms with van der Waals surface area (Å²) in [4.78, 5) is 0. The van der Waals surface area contributed by atoms with Crippen molar-refractivity contribution in [1.82, 2.24) is 9.78 Å². The molecule has 0 fully saturated rings. The highest BCUT2D eigenvalue weighted by atomic mass is 35.5. The number of benzene rings is 1. The second-order valence-electron chi connectivity index (χ2n) is 4.05. The van der Waals surface area contributed by atoms with Gasteiger partial charge in [0.25, 0.3) is 0 Å². The Bertz CT molecular complexity index is 626. The molecule has 0 aliphatic heterocycles. The van der Waals surface area contributed by atoms with Crippen molar-refractivity contribution in [1.29, 1.82) is 0 Å². The lowest BCUT2D eigenvalue weighted by Crippen LogP contribution is -2.17. The Morgan fingerprint density at radius 2 is 2.00 bits per heavy atom. The van der Waals surface area contributed by atoms with Gasteiger partial charge in [0.15, 0.2) is 5.75 Å². The normalized spacial score (nSPS) is 11.7. The summed E-state index contributed by atoms with van der Waals surface area (Å²) in [7, 11) is 1.51. The van der Waals surface area contributed by atoms with Crippen LogP contribution in [0.4, 0.5) is 13.2 Å². The minimum atomic E-state index is -4.77. The number of hydrogen-bond acceptors (Lipinski definition) is 2. The molecule has 1 aromatic heterocycles. The fourth-order valence-electron chi connectivity index (χ4n) is 1.71. The summed E-state index contributed by atoms with van der Waals surface area (Å²) in [5.41, 5.74) is 0.707. The molecular weight excluding hydrogens is 316 g/mol. The van der Waals surface area contributed by atoms with Gasteiger partial charge in [0.1, 0.15) is 5.69 Å². The van der Waals surface area contributed by atoms with E-state index in [4.69, 9.17) is 23.2 Å². The maximum Gasteiger partial charge on any atom is 0.573 e. The van der Waals surface area contributed by atoms with Gasteiger partial charge in [-0.15, -0.1) is 13.2 Å². The fraction of sp³-hybridized carbons (Fsp3) is 0.250. The van der Waals surface area contributed by atoms with E-state index in [0.717, 1.165) is 6.20 Å². The molecule has 108 valence electrons. The van der Waals surface area contributed by atoms with E-state index < -0.39 is 6.36 Å². The summed E-state index contributed by atoms with van der Waals surface area (Å²) in [6, 6.07) is 4.93. The Kier molecular flexibility index (Phi) is 4.15. The predicted octanol–water partition coefficient (Wildman–Crippen LogP) is 4.22. The zero-order valence-electron chi connectivity index (χ0n) is 10.2. The van der Waals surface area contributed by atoms with Crippen LogP contribution in [-0.4, -0.2) is 16.1 Å². The van der Waals surface area contributed by atoms with Crippen LogP contribution < -0.4 is 4.74 Å². The Morgan fingerprint density at radius 1 is 1.30 bits per heavy atom. The number of aryl methyl sites for hydroxylation is 1. The van der Waals surface area contributed by atoms with Gasteiger partial charge in [0.2, 0.25) is 0 Å². The lowest BCUT2D eigenvalue weighted by atomic mass is 10.1. The van der Waals surface area contributed by atoms with Crippen LogP contribution in [0.5, 0.6) is 5.75 Å². The highest BCUT2D eigenvalue weighted by molar-refractivity contribution is 6.42. The van der Waals surface area contributed by atoms with E-state index in [1.54, 1.807) is 18.2 Å². The zero-order chi connectivity index (χ0) is 14.9. The number of nitrogens with zero attached hydrogens (tertiary/aromatic N) is 2. The van der Waals surface area contributed by atoms with Crippen molar-refractivity contribution in [3.63, 3.8) is 0 Å². The van der Waals surface area contributed by atoms with Crippen LogP contribution in [0.2, 0.25) is 10.0 Å². The Balaban J connectivity index is 2.32. The van der Waals surface area contributed by atoms with Gasteiger partial charge in [0.05, 0.1) is 16.2 Å². The summed E-state index contributed by atoms with van der Waals surface area (Å²) >= 11 is 11.9. The molecule has 0 radical (unpaired) electrons. The largest absolute Gasteiger partial charge is 0.573 e. The Morgan fingerprint density at radius 3 is 2.65 bits per heavy atom. The molecule has 20 heavy (non-hydrogen) atoms.